The Bertz CT molecular complexity index is 881. The lowest BCUT2D eigenvalue weighted by Crippen LogP contribution is -2.13. The summed E-state index contributed by atoms with van der Waals surface area (Å²) >= 11 is 0. The normalized spacial score (nSPS) is 10.4. The maximum atomic E-state index is 12.3. The van der Waals surface area contributed by atoms with Crippen LogP contribution in [0.5, 0.6) is 0 Å². The molecule has 2 aromatic carbocycles. The first kappa shape index (κ1) is 16.7. The van der Waals surface area contributed by atoms with Gasteiger partial charge in [0, 0.05) is 11.4 Å². The summed E-state index contributed by atoms with van der Waals surface area (Å²) in [6.07, 6.45) is 1.68. The van der Waals surface area contributed by atoms with Crippen LogP contribution < -0.4 is 10.6 Å². The highest BCUT2D eigenvalue weighted by Crippen LogP contribution is 2.24. The predicted molar refractivity (Wildman–Crippen MR) is 103 cm³/mol. The maximum absolute atomic E-state index is 12.3. The zero-order chi connectivity index (χ0) is 17.8. The highest BCUT2D eigenvalue weighted by Gasteiger charge is 2.09. The summed E-state index contributed by atoms with van der Waals surface area (Å²) < 4.78 is 0. The highest BCUT2D eigenvalue weighted by molar-refractivity contribution is 6.03. The number of nitrogens with zero attached hydrogens (tertiary/aromatic N) is 1. The molecule has 2 N–H and O–H groups in total. The smallest absolute Gasteiger partial charge is 0.274 e. The number of benzene rings is 2. The Hall–Kier alpha value is -3.14. The number of amides is 1. The first-order chi connectivity index (χ1) is 12.0. The van der Waals surface area contributed by atoms with Crippen LogP contribution in [0.1, 0.15) is 27.2 Å². The van der Waals surface area contributed by atoms with Gasteiger partial charge in [0.15, 0.2) is 0 Å². The summed E-state index contributed by atoms with van der Waals surface area (Å²) in [7, 11) is 0. The molecule has 0 atom stereocenters. The SMILES string of the molecule is Cc1cccc(NC(=O)c2ccc(Nc3c(C)cccc3C)cn2)c1. The summed E-state index contributed by atoms with van der Waals surface area (Å²) in [4.78, 5) is 16.6. The van der Waals surface area contributed by atoms with Gasteiger partial charge in [-0.1, -0.05) is 30.3 Å². The van der Waals surface area contributed by atoms with E-state index in [2.05, 4.69) is 41.6 Å². The van der Waals surface area contributed by atoms with Crippen LogP contribution in [0.4, 0.5) is 17.1 Å². The van der Waals surface area contributed by atoms with Crippen molar-refractivity contribution in [2.75, 3.05) is 10.6 Å². The molecular formula is C21H21N3O. The molecule has 4 nitrogen and oxygen atoms in total. The zero-order valence-electron chi connectivity index (χ0n) is 14.6. The summed E-state index contributed by atoms with van der Waals surface area (Å²) in [5.74, 6) is -0.218. The molecule has 126 valence electrons. The molecule has 0 radical (unpaired) electrons. The second kappa shape index (κ2) is 7.18. The summed E-state index contributed by atoms with van der Waals surface area (Å²) in [5, 5.41) is 6.23. The summed E-state index contributed by atoms with van der Waals surface area (Å²) in [6, 6.07) is 17.4. The van der Waals surface area contributed by atoms with Crippen LogP contribution in [0.3, 0.4) is 0 Å². The Morgan fingerprint density at radius 3 is 2.24 bits per heavy atom. The third-order valence-corrected chi connectivity index (χ3v) is 4.02. The van der Waals surface area contributed by atoms with Gasteiger partial charge in [-0.15, -0.1) is 0 Å². The van der Waals surface area contributed by atoms with E-state index in [1.165, 1.54) is 11.1 Å². The zero-order valence-corrected chi connectivity index (χ0v) is 14.6. The van der Waals surface area contributed by atoms with Crippen molar-refractivity contribution in [2.24, 2.45) is 0 Å². The van der Waals surface area contributed by atoms with E-state index in [1.807, 2.05) is 43.3 Å². The molecule has 4 heteroatoms. The van der Waals surface area contributed by atoms with E-state index in [4.69, 9.17) is 0 Å². The largest absolute Gasteiger partial charge is 0.354 e. The molecule has 0 aliphatic rings. The van der Waals surface area contributed by atoms with E-state index in [0.717, 1.165) is 22.6 Å². The average Bonchev–Trinajstić information content (AvgIpc) is 2.59. The molecule has 1 heterocycles. The number of pyridine rings is 1. The number of carbonyl (C=O) groups is 1. The van der Waals surface area contributed by atoms with Crippen LogP contribution in [0.25, 0.3) is 0 Å². The highest BCUT2D eigenvalue weighted by atomic mass is 16.1. The molecule has 25 heavy (non-hydrogen) atoms. The van der Waals surface area contributed by atoms with Gasteiger partial charge in [-0.3, -0.25) is 4.79 Å². The van der Waals surface area contributed by atoms with E-state index in [-0.39, 0.29) is 5.91 Å². The Kier molecular flexibility index (Phi) is 4.80. The molecule has 0 fully saturated rings. The van der Waals surface area contributed by atoms with Crippen LogP contribution in [-0.2, 0) is 0 Å². The standard InChI is InChI=1S/C21H21N3O/c1-14-6-4-9-17(12-14)24-21(25)19-11-10-18(13-22-19)23-20-15(2)7-5-8-16(20)3/h4-13,23H,1-3H3,(H,24,25). The van der Waals surface area contributed by atoms with Gasteiger partial charge in [-0.05, 0) is 61.7 Å². The summed E-state index contributed by atoms with van der Waals surface area (Å²) in [5.41, 5.74) is 6.50. The van der Waals surface area contributed by atoms with Crippen LogP contribution in [0.2, 0.25) is 0 Å². The fraction of sp³-hybridized carbons (Fsp3) is 0.143. The number of anilines is 3. The van der Waals surface area contributed by atoms with Crippen molar-refractivity contribution in [1.29, 1.82) is 0 Å². The Balaban J connectivity index is 1.72. The van der Waals surface area contributed by atoms with Crippen molar-refractivity contribution in [3.05, 3.63) is 83.2 Å². The topological polar surface area (TPSA) is 54.0 Å². The minimum absolute atomic E-state index is 0.218. The molecule has 0 spiro atoms. The molecule has 0 bridgehead atoms. The lowest BCUT2D eigenvalue weighted by molar-refractivity contribution is 0.102. The monoisotopic (exact) mass is 331 g/mol. The van der Waals surface area contributed by atoms with Crippen molar-refractivity contribution in [3.63, 3.8) is 0 Å². The van der Waals surface area contributed by atoms with Gasteiger partial charge < -0.3 is 10.6 Å². The molecule has 1 aromatic heterocycles. The van der Waals surface area contributed by atoms with E-state index in [9.17, 15) is 4.79 Å². The van der Waals surface area contributed by atoms with Crippen molar-refractivity contribution < 1.29 is 4.79 Å². The molecule has 3 rings (SSSR count). The molecule has 3 aromatic rings. The van der Waals surface area contributed by atoms with Gasteiger partial charge >= 0.3 is 0 Å². The Labute approximate surface area is 147 Å². The van der Waals surface area contributed by atoms with E-state index in [0.29, 0.717) is 5.69 Å². The van der Waals surface area contributed by atoms with Crippen molar-refractivity contribution in [3.8, 4) is 0 Å². The quantitative estimate of drug-likeness (QED) is 0.707. The minimum Gasteiger partial charge on any atom is -0.354 e. The molecule has 0 saturated carbocycles. The lowest BCUT2D eigenvalue weighted by Gasteiger charge is -2.12. The molecule has 1 amide bonds. The molecular weight excluding hydrogens is 310 g/mol. The van der Waals surface area contributed by atoms with Crippen LogP contribution in [0.15, 0.2) is 60.8 Å². The van der Waals surface area contributed by atoms with Gasteiger partial charge in [0.25, 0.3) is 5.91 Å². The van der Waals surface area contributed by atoms with Gasteiger partial charge in [0.2, 0.25) is 0 Å². The van der Waals surface area contributed by atoms with E-state index < -0.39 is 0 Å². The van der Waals surface area contributed by atoms with Crippen LogP contribution in [0, 0.1) is 20.8 Å². The Morgan fingerprint density at radius 1 is 0.880 bits per heavy atom. The third-order valence-electron chi connectivity index (χ3n) is 4.02. The fourth-order valence-corrected chi connectivity index (χ4v) is 2.68. The maximum Gasteiger partial charge on any atom is 0.274 e. The predicted octanol–water partition coefficient (Wildman–Crippen LogP) is 5.00. The second-order valence-electron chi connectivity index (χ2n) is 6.15. The molecule has 0 unspecified atom stereocenters. The van der Waals surface area contributed by atoms with Gasteiger partial charge in [0.05, 0.1) is 11.9 Å². The molecule has 0 aliphatic carbocycles. The van der Waals surface area contributed by atoms with Crippen molar-refractivity contribution in [1.82, 2.24) is 4.98 Å². The minimum atomic E-state index is -0.218. The van der Waals surface area contributed by atoms with E-state index >= 15 is 0 Å². The number of carbonyl (C=O) groups excluding carboxylic acids is 1. The van der Waals surface area contributed by atoms with Crippen LogP contribution >= 0.6 is 0 Å². The summed E-state index contributed by atoms with van der Waals surface area (Å²) in [6.45, 7) is 6.11. The lowest BCUT2D eigenvalue weighted by atomic mass is 10.1. The van der Waals surface area contributed by atoms with Gasteiger partial charge in [0.1, 0.15) is 5.69 Å². The van der Waals surface area contributed by atoms with Crippen molar-refractivity contribution >= 4 is 23.0 Å². The van der Waals surface area contributed by atoms with Gasteiger partial charge in [-0.25, -0.2) is 4.98 Å². The third kappa shape index (κ3) is 4.04. The first-order valence-electron chi connectivity index (χ1n) is 8.20. The number of hydrogen-bond donors (Lipinski definition) is 2. The second-order valence-corrected chi connectivity index (χ2v) is 6.15. The first-order valence-corrected chi connectivity index (χ1v) is 8.20. The number of aromatic nitrogens is 1. The fourth-order valence-electron chi connectivity index (χ4n) is 2.68. The van der Waals surface area contributed by atoms with E-state index in [1.54, 1.807) is 12.3 Å². The van der Waals surface area contributed by atoms with Crippen molar-refractivity contribution in [2.45, 2.75) is 20.8 Å². The number of aryl methyl sites for hydroxylation is 3. The average molecular weight is 331 g/mol. The molecule has 0 aliphatic heterocycles. The number of hydrogen-bond acceptors (Lipinski definition) is 3. The molecule has 0 saturated heterocycles. The van der Waals surface area contributed by atoms with Crippen LogP contribution in [-0.4, -0.2) is 10.9 Å². The Morgan fingerprint density at radius 2 is 1.60 bits per heavy atom. The number of para-hydroxylation sites is 1. The number of rotatable bonds is 4. The number of nitrogens with one attached hydrogen (secondary N) is 2. The van der Waals surface area contributed by atoms with Gasteiger partial charge in [-0.2, -0.15) is 0 Å².